The predicted octanol–water partition coefficient (Wildman–Crippen LogP) is 4.76. The SMILES string of the molecule is CCOc1ccccc1Oc1ccc(CNC(=NC)NCc2cccc(OC)c2)cn1.I. The van der Waals surface area contributed by atoms with Crippen LogP contribution in [0.2, 0.25) is 0 Å². The van der Waals surface area contributed by atoms with Crippen LogP contribution in [0.1, 0.15) is 18.1 Å². The smallest absolute Gasteiger partial charge is 0.219 e. The molecule has 0 aliphatic rings. The third-order valence-electron chi connectivity index (χ3n) is 4.44. The quantitative estimate of drug-likeness (QED) is 0.228. The minimum Gasteiger partial charge on any atom is -0.497 e. The number of aromatic nitrogens is 1. The Bertz CT molecular complexity index is 997. The second-order valence-electron chi connectivity index (χ2n) is 6.62. The number of para-hydroxylation sites is 2. The Hall–Kier alpha value is -3.01. The zero-order valence-electron chi connectivity index (χ0n) is 18.5. The van der Waals surface area contributed by atoms with Crippen molar-refractivity contribution in [2.75, 3.05) is 20.8 Å². The summed E-state index contributed by atoms with van der Waals surface area (Å²) < 4.78 is 16.7. The molecule has 1 aromatic heterocycles. The molecule has 0 bridgehead atoms. The van der Waals surface area contributed by atoms with Crippen LogP contribution in [0.5, 0.6) is 23.1 Å². The maximum absolute atomic E-state index is 5.87. The van der Waals surface area contributed by atoms with Gasteiger partial charge in [0.2, 0.25) is 5.88 Å². The Kier molecular flexibility index (Phi) is 10.6. The number of hydrogen-bond acceptors (Lipinski definition) is 5. The van der Waals surface area contributed by atoms with Crippen LogP contribution in [0.4, 0.5) is 0 Å². The molecule has 0 spiro atoms. The van der Waals surface area contributed by atoms with Gasteiger partial charge in [0.05, 0.1) is 13.7 Å². The number of ether oxygens (including phenoxy) is 3. The monoisotopic (exact) mass is 548 g/mol. The first-order chi connectivity index (χ1) is 15.2. The van der Waals surface area contributed by atoms with Crippen LogP contribution in [0.3, 0.4) is 0 Å². The molecule has 32 heavy (non-hydrogen) atoms. The maximum atomic E-state index is 5.87. The highest BCUT2D eigenvalue weighted by molar-refractivity contribution is 14.0. The summed E-state index contributed by atoms with van der Waals surface area (Å²) in [6.45, 7) is 3.74. The van der Waals surface area contributed by atoms with Crippen LogP contribution >= 0.6 is 24.0 Å². The second kappa shape index (κ2) is 13.4. The Labute approximate surface area is 206 Å². The molecule has 7 nitrogen and oxygen atoms in total. The van der Waals surface area contributed by atoms with Gasteiger partial charge in [-0.3, -0.25) is 4.99 Å². The minimum absolute atomic E-state index is 0. The number of aliphatic imine (C=N–C) groups is 1. The van der Waals surface area contributed by atoms with Crippen LogP contribution in [0.25, 0.3) is 0 Å². The first-order valence-electron chi connectivity index (χ1n) is 10.1. The summed E-state index contributed by atoms with van der Waals surface area (Å²) in [4.78, 5) is 8.67. The summed E-state index contributed by atoms with van der Waals surface area (Å²) >= 11 is 0. The molecule has 3 rings (SSSR count). The summed E-state index contributed by atoms with van der Waals surface area (Å²) in [7, 11) is 3.40. The number of nitrogens with zero attached hydrogens (tertiary/aromatic N) is 2. The molecule has 0 unspecified atom stereocenters. The average molecular weight is 548 g/mol. The van der Waals surface area contributed by atoms with Crippen molar-refractivity contribution in [3.63, 3.8) is 0 Å². The van der Waals surface area contributed by atoms with Gasteiger partial charge in [0.15, 0.2) is 17.5 Å². The van der Waals surface area contributed by atoms with Gasteiger partial charge < -0.3 is 24.8 Å². The van der Waals surface area contributed by atoms with Crippen molar-refractivity contribution in [3.05, 3.63) is 78.0 Å². The van der Waals surface area contributed by atoms with E-state index in [2.05, 4.69) is 20.6 Å². The normalized spacial score (nSPS) is 10.7. The topological polar surface area (TPSA) is 77.0 Å². The standard InChI is InChI=1S/C24H28N4O3.HI/c1-4-30-21-10-5-6-11-22(21)31-23-13-12-19(16-26-23)17-28-24(25-2)27-15-18-8-7-9-20(14-18)29-3;/h5-14,16H,4,15,17H2,1-3H3,(H2,25,27,28);1H. The molecular weight excluding hydrogens is 519 g/mol. The molecule has 0 aliphatic carbocycles. The van der Waals surface area contributed by atoms with Gasteiger partial charge in [0, 0.05) is 32.4 Å². The number of nitrogens with one attached hydrogen (secondary N) is 2. The second-order valence-corrected chi connectivity index (χ2v) is 6.62. The predicted molar refractivity (Wildman–Crippen MR) is 137 cm³/mol. The third kappa shape index (κ3) is 7.60. The lowest BCUT2D eigenvalue weighted by Crippen LogP contribution is -2.36. The van der Waals surface area contributed by atoms with Gasteiger partial charge in [-0.05, 0) is 42.3 Å². The zero-order valence-corrected chi connectivity index (χ0v) is 20.8. The van der Waals surface area contributed by atoms with E-state index >= 15 is 0 Å². The highest BCUT2D eigenvalue weighted by Crippen LogP contribution is 2.30. The molecule has 0 fully saturated rings. The largest absolute Gasteiger partial charge is 0.497 e. The number of rotatable bonds is 9. The first kappa shape index (κ1) is 25.3. The number of halogens is 1. The van der Waals surface area contributed by atoms with E-state index in [0.29, 0.717) is 43.0 Å². The van der Waals surface area contributed by atoms with Crippen LogP contribution in [-0.2, 0) is 13.1 Å². The van der Waals surface area contributed by atoms with E-state index in [9.17, 15) is 0 Å². The fourth-order valence-corrected chi connectivity index (χ4v) is 2.87. The van der Waals surface area contributed by atoms with E-state index in [1.165, 1.54) is 0 Å². The van der Waals surface area contributed by atoms with Crippen LogP contribution < -0.4 is 24.8 Å². The minimum atomic E-state index is 0. The molecule has 170 valence electrons. The van der Waals surface area contributed by atoms with E-state index in [0.717, 1.165) is 16.9 Å². The summed E-state index contributed by atoms with van der Waals surface area (Å²) in [5.74, 6) is 3.39. The lowest BCUT2D eigenvalue weighted by molar-refractivity contribution is 0.319. The van der Waals surface area contributed by atoms with E-state index in [4.69, 9.17) is 14.2 Å². The van der Waals surface area contributed by atoms with Crippen LogP contribution in [-0.4, -0.2) is 31.7 Å². The molecular formula is C24H29IN4O3. The van der Waals surface area contributed by atoms with Gasteiger partial charge in [-0.1, -0.05) is 30.3 Å². The number of guanidine groups is 1. The zero-order chi connectivity index (χ0) is 21.9. The molecule has 0 saturated carbocycles. The number of methoxy groups -OCH3 is 1. The Morgan fingerprint density at radius 3 is 2.34 bits per heavy atom. The van der Waals surface area contributed by atoms with Crippen molar-refractivity contribution in [2.24, 2.45) is 4.99 Å². The summed E-state index contributed by atoms with van der Waals surface area (Å²) in [5, 5.41) is 6.58. The van der Waals surface area contributed by atoms with Crippen molar-refractivity contribution < 1.29 is 14.2 Å². The van der Waals surface area contributed by atoms with Gasteiger partial charge in [-0.15, -0.1) is 24.0 Å². The van der Waals surface area contributed by atoms with E-state index < -0.39 is 0 Å². The van der Waals surface area contributed by atoms with Crippen molar-refractivity contribution in [2.45, 2.75) is 20.0 Å². The van der Waals surface area contributed by atoms with Gasteiger partial charge in [0.25, 0.3) is 0 Å². The fraction of sp³-hybridized carbons (Fsp3) is 0.250. The number of pyridine rings is 1. The highest BCUT2D eigenvalue weighted by Gasteiger charge is 2.06. The number of benzene rings is 2. The maximum Gasteiger partial charge on any atom is 0.219 e. The van der Waals surface area contributed by atoms with Crippen molar-refractivity contribution in [1.29, 1.82) is 0 Å². The molecule has 0 saturated heterocycles. The van der Waals surface area contributed by atoms with Gasteiger partial charge in [-0.25, -0.2) is 4.98 Å². The summed E-state index contributed by atoms with van der Waals surface area (Å²) in [6.07, 6.45) is 1.78. The van der Waals surface area contributed by atoms with E-state index in [1.54, 1.807) is 20.4 Å². The molecule has 0 aliphatic heterocycles. The molecule has 3 aromatic rings. The van der Waals surface area contributed by atoms with Crippen molar-refractivity contribution in [3.8, 4) is 23.1 Å². The molecule has 2 aromatic carbocycles. The average Bonchev–Trinajstić information content (AvgIpc) is 2.82. The number of hydrogen-bond donors (Lipinski definition) is 2. The molecule has 1 heterocycles. The van der Waals surface area contributed by atoms with Crippen LogP contribution in [0, 0.1) is 0 Å². The lowest BCUT2D eigenvalue weighted by Gasteiger charge is -2.13. The van der Waals surface area contributed by atoms with Gasteiger partial charge in [-0.2, -0.15) is 0 Å². The van der Waals surface area contributed by atoms with Gasteiger partial charge in [0.1, 0.15) is 5.75 Å². The lowest BCUT2D eigenvalue weighted by atomic mass is 10.2. The van der Waals surface area contributed by atoms with Crippen molar-refractivity contribution >= 4 is 29.9 Å². The highest BCUT2D eigenvalue weighted by atomic mass is 127. The van der Waals surface area contributed by atoms with Gasteiger partial charge >= 0.3 is 0 Å². The Morgan fingerprint density at radius 1 is 0.938 bits per heavy atom. The molecule has 0 radical (unpaired) electrons. The van der Waals surface area contributed by atoms with E-state index in [-0.39, 0.29) is 24.0 Å². The van der Waals surface area contributed by atoms with Crippen LogP contribution in [0.15, 0.2) is 71.9 Å². The first-order valence-corrected chi connectivity index (χ1v) is 10.1. The Balaban J connectivity index is 0.00000363. The van der Waals surface area contributed by atoms with Crippen molar-refractivity contribution in [1.82, 2.24) is 15.6 Å². The Morgan fingerprint density at radius 2 is 1.69 bits per heavy atom. The van der Waals surface area contributed by atoms with E-state index in [1.807, 2.05) is 67.6 Å². The fourth-order valence-electron chi connectivity index (χ4n) is 2.87. The molecule has 2 N–H and O–H groups in total. The molecule has 0 amide bonds. The molecule has 8 heteroatoms. The summed E-state index contributed by atoms with van der Waals surface area (Å²) in [6, 6.07) is 19.3. The molecule has 0 atom stereocenters. The summed E-state index contributed by atoms with van der Waals surface area (Å²) in [5.41, 5.74) is 2.12. The third-order valence-corrected chi connectivity index (χ3v) is 4.44.